The molecule has 1 atom stereocenters. The van der Waals surface area contributed by atoms with Gasteiger partial charge in [0.2, 0.25) is 0 Å². The highest BCUT2D eigenvalue weighted by Crippen LogP contribution is 2.27. The van der Waals surface area contributed by atoms with Crippen LogP contribution in [-0.2, 0) is 19.6 Å². The third-order valence-electron chi connectivity index (χ3n) is 6.14. The topological polar surface area (TPSA) is 55.2 Å². The maximum Gasteiger partial charge on any atom is 0.150 e. The van der Waals surface area contributed by atoms with Gasteiger partial charge in [-0.15, -0.1) is 10.2 Å². The first-order valence-corrected chi connectivity index (χ1v) is 10.5. The molecule has 0 spiro atoms. The summed E-state index contributed by atoms with van der Waals surface area (Å²) in [7, 11) is 0. The highest BCUT2D eigenvalue weighted by molar-refractivity contribution is 5.29. The third-order valence-corrected chi connectivity index (χ3v) is 6.14. The Morgan fingerprint density at radius 3 is 2.85 bits per heavy atom. The maximum atomic E-state index is 6.17. The monoisotopic (exact) mass is 367 g/mol. The van der Waals surface area contributed by atoms with Gasteiger partial charge in [-0.25, -0.2) is 0 Å². The van der Waals surface area contributed by atoms with Crippen LogP contribution in [-0.4, -0.2) is 38.9 Å². The lowest BCUT2D eigenvalue weighted by Gasteiger charge is -2.28. The Morgan fingerprint density at radius 2 is 2.00 bits per heavy atom. The van der Waals surface area contributed by atoms with Gasteiger partial charge in [0.1, 0.15) is 17.4 Å². The van der Waals surface area contributed by atoms with Gasteiger partial charge in [0.25, 0.3) is 0 Å². The zero-order valence-corrected chi connectivity index (χ0v) is 15.9. The predicted molar refractivity (Wildman–Crippen MR) is 103 cm³/mol. The normalized spacial score (nSPS) is 23.6. The summed E-state index contributed by atoms with van der Waals surface area (Å²) in [5, 5.41) is 12.5. The van der Waals surface area contributed by atoms with Crippen LogP contribution in [0.5, 0.6) is 5.75 Å². The molecule has 144 valence electrons. The van der Waals surface area contributed by atoms with E-state index in [0.717, 1.165) is 50.1 Å². The van der Waals surface area contributed by atoms with Crippen LogP contribution in [0.15, 0.2) is 24.3 Å². The summed E-state index contributed by atoms with van der Waals surface area (Å²) in [6.45, 7) is 4.92. The van der Waals surface area contributed by atoms with Gasteiger partial charge in [-0.2, -0.15) is 0 Å². The Bertz CT molecular complexity index is 777. The van der Waals surface area contributed by atoms with Crippen molar-refractivity contribution in [3.05, 3.63) is 41.5 Å². The van der Waals surface area contributed by atoms with Crippen molar-refractivity contribution >= 4 is 0 Å². The Labute approximate surface area is 160 Å². The molecule has 5 rings (SSSR count). The predicted octanol–water partition coefficient (Wildman–Crippen LogP) is 3.04. The van der Waals surface area contributed by atoms with Gasteiger partial charge in [0, 0.05) is 19.6 Å². The van der Waals surface area contributed by atoms with Crippen LogP contribution in [0.4, 0.5) is 0 Å². The number of nitrogens with one attached hydrogen (secondary N) is 1. The number of rotatable bonds is 5. The molecule has 2 aliphatic heterocycles. The van der Waals surface area contributed by atoms with Crippen molar-refractivity contribution in [3.63, 3.8) is 0 Å². The lowest BCUT2D eigenvalue weighted by molar-refractivity contribution is 0.201. The molecule has 27 heavy (non-hydrogen) atoms. The molecule has 3 heterocycles. The molecule has 2 aromatic rings. The number of benzene rings is 1. The molecule has 6 nitrogen and oxygen atoms in total. The molecule has 0 bridgehead atoms. The number of nitrogens with zero attached hydrogens (tertiary/aromatic N) is 4. The smallest absolute Gasteiger partial charge is 0.150 e. The van der Waals surface area contributed by atoms with Crippen LogP contribution in [0.2, 0.25) is 0 Å². The lowest BCUT2D eigenvalue weighted by atomic mass is 10.1. The first-order valence-electron chi connectivity index (χ1n) is 10.5. The molecule has 1 aliphatic carbocycles. The van der Waals surface area contributed by atoms with Crippen molar-refractivity contribution in [2.75, 3.05) is 13.1 Å². The fourth-order valence-electron chi connectivity index (χ4n) is 4.70. The summed E-state index contributed by atoms with van der Waals surface area (Å²) in [6, 6.07) is 9.02. The van der Waals surface area contributed by atoms with Crippen LogP contribution in [0, 0.1) is 0 Å². The lowest BCUT2D eigenvalue weighted by Crippen LogP contribution is -2.34. The van der Waals surface area contributed by atoms with E-state index in [1.807, 2.05) is 0 Å². The van der Waals surface area contributed by atoms with E-state index in [2.05, 4.69) is 49.2 Å². The summed E-state index contributed by atoms with van der Waals surface area (Å²) in [5.41, 5.74) is 1.32. The van der Waals surface area contributed by atoms with Crippen LogP contribution < -0.4 is 10.1 Å². The number of fused-ring (bicyclic) bond motifs is 1. The largest absolute Gasteiger partial charge is 0.490 e. The van der Waals surface area contributed by atoms with Crippen molar-refractivity contribution in [1.82, 2.24) is 25.0 Å². The average molecular weight is 367 g/mol. The molecule has 0 unspecified atom stereocenters. The van der Waals surface area contributed by atoms with Gasteiger partial charge in [0.15, 0.2) is 0 Å². The summed E-state index contributed by atoms with van der Waals surface area (Å²) in [4.78, 5) is 2.46. The van der Waals surface area contributed by atoms with E-state index in [1.165, 1.54) is 44.1 Å². The van der Waals surface area contributed by atoms with Crippen molar-refractivity contribution in [2.24, 2.45) is 0 Å². The Balaban J connectivity index is 1.23. The second-order valence-corrected chi connectivity index (χ2v) is 8.16. The minimum absolute atomic E-state index is 0.391. The molecular formula is C21H29N5O. The highest BCUT2D eigenvalue weighted by atomic mass is 16.5. The summed E-state index contributed by atoms with van der Waals surface area (Å²) in [6.07, 6.45) is 7.83. The highest BCUT2D eigenvalue weighted by Gasteiger charge is 2.27. The van der Waals surface area contributed by atoms with E-state index in [0.29, 0.717) is 12.1 Å². The quantitative estimate of drug-likeness (QED) is 0.880. The molecule has 3 aliphatic rings. The molecule has 0 radical (unpaired) electrons. The van der Waals surface area contributed by atoms with E-state index in [1.54, 1.807) is 0 Å². The summed E-state index contributed by atoms with van der Waals surface area (Å²) in [5.74, 6) is 3.26. The second-order valence-electron chi connectivity index (χ2n) is 8.16. The van der Waals surface area contributed by atoms with Crippen molar-refractivity contribution in [1.29, 1.82) is 0 Å². The summed E-state index contributed by atoms with van der Waals surface area (Å²) < 4.78 is 8.50. The SMILES string of the molecule is c1cc(CN2CCn3c(nnc3[C@H]3CCCN3)C2)cc(OC2CCCC2)c1. The van der Waals surface area contributed by atoms with Gasteiger partial charge >= 0.3 is 0 Å². The molecule has 6 heteroatoms. The molecule has 1 saturated carbocycles. The maximum absolute atomic E-state index is 6.17. The number of hydrogen-bond acceptors (Lipinski definition) is 5. The first kappa shape index (κ1) is 17.2. The fraction of sp³-hybridized carbons (Fsp3) is 0.619. The van der Waals surface area contributed by atoms with Crippen molar-refractivity contribution in [3.8, 4) is 5.75 Å². The van der Waals surface area contributed by atoms with E-state index < -0.39 is 0 Å². The number of ether oxygens (including phenoxy) is 1. The van der Waals surface area contributed by atoms with Gasteiger partial charge < -0.3 is 14.6 Å². The van der Waals surface area contributed by atoms with Crippen LogP contribution >= 0.6 is 0 Å². The van der Waals surface area contributed by atoms with Gasteiger partial charge in [-0.05, 0) is 62.8 Å². The molecule has 1 aromatic carbocycles. The molecular weight excluding hydrogens is 338 g/mol. The Morgan fingerprint density at radius 1 is 1.07 bits per heavy atom. The second kappa shape index (κ2) is 7.60. The Kier molecular flexibility index (Phi) is 4.84. The van der Waals surface area contributed by atoms with Crippen LogP contribution in [0.3, 0.4) is 0 Å². The van der Waals surface area contributed by atoms with Crippen molar-refractivity contribution in [2.45, 2.75) is 70.3 Å². The Hall–Kier alpha value is -1.92. The van der Waals surface area contributed by atoms with Crippen LogP contribution in [0.1, 0.15) is 61.8 Å². The summed E-state index contributed by atoms with van der Waals surface area (Å²) >= 11 is 0. The number of aromatic nitrogens is 3. The zero-order chi connectivity index (χ0) is 18.1. The molecule has 1 aromatic heterocycles. The standard InChI is InChI=1S/C21H29N5O/c1-2-7-17(6-1)27-18-8-3-5-16(13-18)14-25-11-12-26-20(15-25)23-24-21(26)19-9-4-10-22-19/h3,5,8,13,17,19,22H,1-2,4,6-7,9-12,14-15H2/t19-/m1/s1. The van der Waals surface area contributed by atoms with E-state index in [9.17, 15) is 0 Å². The number of hydrogen-bond donors (Lipinski definition) is 1. The zero-order valence-electron chi connectivity index (χ0n) is 15.9. The van der Waals surface area contributed by atoms with Gasteiger partial charge in [-0.1, -0.05) is 12.1 Å². The van der Waals surface area contributed by atoms with E-state index in [4.69, 9.17) is 4.74 Å². The van der Waals surface area contributed by atoms with E-state index >= 15 is 0 Å². The minimum atomic E-state index is 0.391. The molecule has 0 amide bonds. The first-order chi connectivity index (χ1) is 13.3. The van der Waals surface area contributed by atoms with Crippen molar-refractivity contribution < 1.29 is 4.74 Å². The van der Waals surface area contributed by atoms with Gasteiger partial charge in [0.05, 0.1) is 18.7 Å². The third kappa shape index (κ3) is 3.73. The molecule has 1 N–H and O–H groups in total. The molecule has 2 fully saturated rings. The van der Waals surface area contributed by atoms with E-state index in [-0.39, 0.29) is 0 Å². The molecule has 1 saturated heterocycles. The fourth-order valence-corrected chi connectivity index (χ4v) is 4.70. The average Bonchev–Trinajstić information content (AvgIpc) is 3.43. The minimum Gasteiger partial charge on any atom is -0.490 e. The van der Waals surface area contributed by atoms with Gasteiger partial charge in [-0.3, -0.25) is 4.90 Å². The van der Waals surface area contributed by atoms with Crippen LogP contribution in [0.25, 0.3) is 0 Å².